The summed E-state index contributed by atoms with van der Waals surface area (Å²) in [7, 11) is 0. The first-order valence-electron chi connectivity index (χ1n) is 4.30. The molecule has 0 fully saturated rings. The minimum atomic E-state index is -1.23. The second kappa shape index (κ2) is 4.79. The molecular formula is C10H10ClNO3. The SMILES string of the molecule is CC(NC(=O)O)C(=O)c1ccccc1Cl. The highest BCUT2D eigenvalue weighted by Gasteiger charge is 2.18. The Labute approximate surface area is 91.9 Å². The van der Waals surface area contributed by atoms with Crippen LogP contribution in [0.25, 0.3) is 0 Å². The highest BCUT2D eigenvalue weighted by atomic mass is 35.5. The van der Waals surface area contributed by atoms with Crippen LogP contribution in [0.15, 0.2) is 24.3 Å². The Morgan fingerprint density at radius 3 is 2.53 bits per heavy atom. The van der Waals surface area contributed by atoms with Crippen molar-refractivity contribution in [2.75, 3.05) is 0 Å². The maximum atomic E-state index is 11.7. The van der Waals surface area contributed by atoms with E-state index >= 15 is 0 Å². The maximum Gasteiger partial charge on any atom is 0.405 e. The fourth-order valence-corrected chi connectivity index (χ4v) is 1.37. The number of amides is 1. The lowest BCUT2D eigenvalue weighted by molar-refractivity contribution is 0.0945. The van der Waals surface area contributed by atoms with E-state index in [1.54, 1.807) is 24.3 Å². The van der Waals surface area contributed by atoms with Crippen LogP contribution >= 0.6 is 11.6 Å². The van der Waals surface area contributed by atoms with E-state index in [1.807, 2.05) is 0 Å². The first kappa shape index (κ1) is 11.5. The van der Waals surface area contributed by atoms with Gasteiger partial charge in [0.1, 0.15) is 0 Å². The van der Waals surface area contributed by atoms with Crippen LogP contribution in [0.1, 0.15) is 17.3 Å². The number of carbonyl (C=O) groups excluding carboxylic acids is 1. The number of hydrogen-bond donors (Lipinski definition) is 2. The number of halogens is 1. The van der Waals surface area contributed by atoms with E-state index in [9.17, 15) is 9.59 Å². The highest BCUT2D eigenvalue weighted by Crippen LogP contribution is 2.16. The number of Topliss-reactive ketones (excluding diaryl/α,β-unsaturated/α-hetero) is 1. The Hall–Kier alpha value is -1.55. The van der Waals surface area contributed by atoms with Crippen molar-refractivity contribution in [1.82, 2.24) is 5.32 Å². The summed E-state index contributed by atoms with van der Waals surface area (Å²) in [5.41, 5.74) is 0.320. The zero-order chi connectivity index (χ0) is 11.4. The molecule has 15 heavy (non-hydrogen) atoms. The van der Waals surface area contributed by atoms with Gasteiger partial charge in [-0.05, 0) is 19.1 Å². The molecule has 0 saturated carbocycles. The minimum absolute atomic E-state index is 0.320. The first-order chi connectivity index (χ1) is 7.02. The van der Waals surface area contributed by atoms with Crippen LogP contribution in [-0.4, -0.2) is 23.0 Å². The number of hydrogen-bond acceptors (Lipinski definition) is 2. The van der Waals surface area contributed by atoms with Gasteiger partial charge in [-0.3, -0.25) is 4.79 Å². The van der Waals surface area contributed by atoms with Crippen LogP contribution in [0.5, 0.6) is 0 Å². The summed E-state index contributed by atoms with van der Waals surface area (Å²) in [6, 6.07) is 5.72. The fraction of sp³-hybridized carbons (Fsp3) is 0.200. The van der Waals surface area contributed by atoms with Crippen LogP contribution in [0.4, 0.5) is 4.79 Å². The van der Waals surface area contributed by atoms with Crippen molar-refractivity contribution in [3.63, 3.8) is 0 Å². The summed E-state index contributed by atoms with van der Waals surface area (Å²) < 4.78 is 0. The topological polar surface area (TPSA) is 66.4 Å². The summed E-state index contributed by atoms with van der Waals surface area (Å²) in [6.45, 7) is 1.47. The van der Waals surface area contributed by atoms with E-state index in [2.05, 4.69) is 5.32 Å². The van der Waals surface area contributed by atoms with Crippen LogP contribution < -0.4 is 5.32 Å². The molecule has 0 aliphatic rings. The Bertz CT molecular complexity index is 392. The summed E-state index contributed by atoms with van der Waals surface area (Å²) in [6.07, 6.45) is -1.23. The predicted octanol–water partition coefficient (Wildman–Crippen LogP) is 2.18. The van der Waals surface area contributed by atoms with Crippen LogP contribution in [-0.2, 0) is 0 Å². The molecule has 0 radical (unpaired) electrons. The van der Waals surface area contributed by atoms with Crippen molar-refractivity contribution in [1.29, 1.82) is 0 Å². The minimum Gasteiger partial charge on any atom is -0.465 e. The van der Waals surface area contributed by atoms with E-state index < -0.39 is 12.1 Å². The van der Waals surface area contributed by atoms with Gasteiger partial charge in [0.25, 0.3) is 0 Å². The van der Waals surface area contributed by atoms with Gasteiger partial charge in [-0.25, -0.2) is 4.79 Å². The monoisotopic (exact) mass is 227 g/mol. The molecule has 1 amide bonds. The molecule has 4 nitrogen and oxygen atoms in total. The zero-order valence-electron chi connectivity index (χ0n) is 8.03. The normalized spacial score (nSPS) is 11.9. The second-order valence-electron chi connectivity index (χ2n) is 3.02. The molecule has 2 N–H and O–H groups in total. The number of carboxylic acid groups (broad SMARTS) is 1. The third-order valence-electron chi connectivity index (χ3n) is 1.87. The highest BCUT2D eigenvalue weighted by molar-refractivity contribution is 6.34. The Morgan fingerprint density at radius 1 is 1.40 bits per heavy atom. The Kier molecular flexibility index (Phi) is 3.68. The van der Waals surface area contributed by atoms with E-state index in [-0.39, 0.29) is 5.78 Å². The van der Waals surface area contributed by atoms with Gasteiger partial charge in [-0.15, -0.1) is 0 Å². The molecule has 0 saturated heterocycles. The molecule has 0 heterocycles. The van der Waals surface area contributed by atoms with Gasteiger partial charge < -0.3 is 10.4 Å². The van der Waals surface area contributed by atoms with Crippen molar-refractivity contribution in [3.05, 3.63) is 34.9 Å². The van der Waals surface area contributed by atoms with Gasteiger partial charge in [0.2, 0.25) is 0 Å². The number of carbonyl (C=O) groups is 2. The molecule has 1 rings (SSSR count). The standard InChI is InChI=1S/C10H10ClNO3/c1-6(12-10(14)15)9(13)7-4-2-3-5-8(7)11/h2-6,12H,1H3,(H,14,15). The second-order valence-corrected chi connectivity index (χ2v) is 3.42. The lowest BCUT2D eigenvalue weighted by Crippen LogP contribution is -2.37. The molecule has 1 aromatic carbocycles. The van der Waals surface area contributed by atoms with Crippen LogP contribution in [0.2, 0.25) is 5.02 Å². The van der Waals surface area contributed by atoms with Crippen molar-refractivity contribution in [2.24, 2.45) is 0 Å². The Balaban J connectivity index is 2.85. The Morgan fingerprint density at radius 2 is 2.00 bits per heavy atom. The lowest BCUT2D eigenvalue weighted by Gasteiger charge is -2.10. The molecule has 5 heteroatoms. The van der Waals surface area contributed by atoms with E-state index in [1.165, 1.54) is 6.92 Å². The molecule has 0 aromatic heterocycles. The van der Waals surface area contributed by atoms with E-state index in [0.717, 1.165) is 0 Å². The van der Waals surface area contributed by atoms with Crippen molar-refractivity contribution < 1.29 is 14.7 Å². The number of benzene rings is 1. The molecule has 1 unspecified atom stereocenters. The van der Waals surface area contributed by atoms with Crippen LogP contribution in [0, 0.1) is 0 Å². The molecule has 0 aliphatic carbocycles. The van der Waals surface area contributed by atoms with E-state index in [4.69, 9.17) is 16.7 Å². The molecule has 1 aromatic rings. The lowest BCUT2D eigenvalue weighted by atomic mass is 10.1. The largest absolute Gasteiger partial charge is 0.465 e. The van der Waals surface area contributed by atoms with Crippen LogP contribution in [0.3, 0.4) is 0 Å². The smallest absolute Gasteiger partial charge is 0.405 e. The molecule has 0 spiro atoms. The molecule has 1 atom stereocenters. The first-order valence-corrected chi connectivity index (χ1v) is 4.68. The third-order valence-corrected chi connectivity index (χ3v) is 2.20. The van der Waals surface area contributed by atoms with Gasteiger partial charge >= 0.3 is 6.09 Å². The molecular weight excluding hydrogens is 218 g/mol. The summed E-state index contributed by atoms with van der Waals surface area (Å²) in [5, 5.41) is 10.9. The molecule has 80 valence electrons. The van der Waals surface area contributed by atoms with E-state index in [0.29, 0.717) is 10.6 Å². The fourth-order valence-electron chi connectivity index (χ4n) is 1.15. The van der Waals surface area contributed by atoms with Gasteiger partial charge in [-0.2, -0.15) is 0 Å². The predicted molar refractivity (Wildman–Crippen MR) is 56.4 cm³/mol. The van der Waals surface area contributed by atoms with Crippen molar-refractivity contribution in [2.45, 2.75) is 13.0 Å². The summed E-state index contributed by atoms with van der Waals surface area (Å²) in [4.78, 5) is 22.0. The molecule has 0 bridgehead atoms. The average Bonchev–Trinajstić information content (AvgIpc) is 2.16. The maximum absolute atomic E-state index is 11.7. The van der Waals surface area contributed by atoms with Crippen molar-refractivity contribution >= 4 is 23.5 Å². The van der Waals surface area contributed by atoms with Gasteiger partial charge in [-0.1, -0.05) is 23.7 Å². The quantitative estimate of drug-likeness (QED) is 0.778. The number of ketones is 1. The summed E-state index contributed by atoms with van der Waals surface area (Å²) >= 11 is 5.80. The average molecular weight is 228 g/mol. The summed E-state index contributed by atoms with van der Waals surface area (Å²) in [5.74, 6) is -0.344. The number of nitrogens with one attached hydrogen (secondary N) is 1. The number of rotatable bonds is 3. The third kappa shape index (κ3) is 2.95. The van der Waals surface area contributed by atoms with Gasteiger partial charge in [0, 0.05) is 5.56 Å². The van der Waals surface area contributed by atoms with Gasteiger partial charge in [0.05, 0.1) is 11.1 Å². The zero-order valence-corrected chi connectivity index (χ0v) is 8.78. The van der Waals surface area contributed by atoms with Gasteiger partial charge in [0.15, 0.2) is 5.78 Å². The molecule has 0 aliphatic heterocycles. The van der Waals surface area contributed by atoms with Crippen molar-refractivity contribution in [3.8, 4) is 0 Å².